The Labute approximate surface area is 103 Å². The fourth-order valence-corrected chi connectivity index (χ4v) is 3.13. The molecule has 0 amide bonds. The fraction of sp³-hybridized carbons (Fsp3) is 1.00. The molecule has 1 aliphatic carbocycles. The zero-order valence-electron chi connectivity index (χ0n) is 12.4. The molecule has 0 aromatic rings. The van der Waals surface area contributed by atoms with Gasteiger partial charge in [-0.3, -0.25) is 0 Å². The van der Waals surface area contributed by atoms with Gasteiger partial charge in [-0.25, -0.2) is 0 Å². The highest BCUT2D eigenvalue weighted by Crippen LogP contribution is 2.41. The van der Waals surface area contributed by atoms with E-state index >= 15 is 0 Å². The van der Waals surface area contributed by atoms with Gasteiger partial charge < -0.3 is 0 Å². The summed E-state index contributed by atoms with van der Waals surface area (Å²) in [5.41, 5.74) is 1.06. The van der Waals surface area contributed by atoms with E-state index in [9.17, 15) is 0 Å². The summed E-state index contributed by atoms with van der Waals surface area (Å²) in [4.78, 5) is 0. The topological polar surface area (TPSA) is 0 Å². The third-order valence-corrected chi connectivity index (χ3v) is 3.85. The van der Waals surface area contributed by atoms with Crippen molar-refractivity contribution in [3.05, 3.63) is 0 Å². The van der Waals surface area contributed by atoms with Crippen LogP contribution in [0.5, 0.6) is 0 Å². The number of rotatable bonds is 3. The molecule has 0 N–H and O–H groups in total. The van der Waals surface area contributed by atoms with Crippen molar-refractivity contribution in [1.82, 2.24) is 0 Å². The molecule has 0 unspecified atom stereocenters. The van der Waals surface area contributed by atoms with Gasteiger partial charge in [-0.2, -0.15) is 0 Å². The van der Waals surface area contributed by atoms with Gasteiger partial charge in [-0.05, 0) is 48.3 Å². The molecule has 0 heterocycles. The van der Waals surface area contributed by atoms with E-state index < -0.39 is 0 Å². The van der Waals surface area contributed by atoms with E-state index in [1.165, 1.54) is 38.5 Å². The van der Waals surface area contributed by atoms with Crippen LogP contribution in [-0.2, 0) is 0 Å². The maximum Gasteiger partial charge on any atom is -0.0380 e. The Morgan fingerprint density at radius 2 is 1.38 bits per heavy atom. The molecular weight excluding hydrogens is 192 g/mol. The summed E-state index contributed by atoms with van der Waals surface area (Å²) in [6.07, 6.45) is 8.79. The van der Waals surface area contributed by atoms with Crippen LogP contribution in [0.25, 0.3) is 0 Å². The van der Waals surface area contributed by atoms with Gasteiger partial charge >= 0.3 is 0 Å². The molecule has 16 heavy (non-hydrogen) atoms. The maximum atomic E-state index is 2.38. The third-order valence-electron chi connectivity index (χ3n) is 3.85. The lowest BCUT2D eigenvalue weighted by molar-refractivity contribution is 0.280. The summed E-state index contributed by atoms with van der Waals surface area (Å²) in [5, 5.41) is 0. The Morgan fingerprint density at radius 3 is 1.88 bits per heavy atom. The van der Waals surface area contributed by atoms with E-state index in [0.29, 0.717) is 10.8 Å². The van der Waals surface area contributed by atoms with Crippen molar-refractivity contribution in [3.8, 4) is 0 Å². The molecule has 2 atom stereocenters. The molecule has 0 aliphatic heterocycles. The van der Waals surface area contributed by atoms with Crippen molar-refractivity contribution in [2.45, 2.75) is 80.1 Å². The summed E-state index contributed by atoms with van der Waals surface area (Å²) in [6, 6.07) is 0. The standard InChI is InChI=1S/C16H32/c1-15(2,3)10-9-13-7-8-14(11-13)12-16(4,5)6/h13-14H,7-12H2,1-6H3/t13-,14+/m1/s1. The van der Waals surface area contributed by atoms with Crippen LogP contribution in [0.3, 0.4) is 0 Å². The van der Waals surface area contributed by atoms with Gasteiger partial charge in [-0.1, -0.05) is 54.4 Å². The van der Waals surface area contributed by atoms with Gasteiger partial charge in [0, 0.05) is 0 Å². The van der Waals surface area contributed by atoms with Crippen LogP contribution in [-0.4, -0.2) is 0 Å². The summed E-state index contributed by atoms with van der Waals surface area (Å²) in [6.45, 7) is 14.3. The molecule has 0 spiro atoms. The van der Waals surface area contributed by atoms with Crippen LogP contribution < -0.4 is 0 Å². The Bertz CT molecular complexity index is 201. The normalized spacial score (nSPS) is 27.4. The zero-order valence-corrected chi connectivity index (χ0v) is 12.4. The predicted molar refractivity (Wildman–Crippen MR) is 73.6 cm³/mol. The van der Waals surface area contributed by atoms with Gasteiger partial charge in [0.05, 0.1) is 0 Å². The predicted octanol–water partition coefficient (Wildman–Crippen LogP) is 5.67. The van der Waals surface area contributed by atoms with Crippen LogP contribution in [0.2, 0.25) is 0 Å². The first-order chi connectivity index (χ1) is 7.16. The molecule has 1 rings (SSSR count). The van der Waals surface area contributed by atoms with E-state index in [4.69, 9.17) is 0 Å². The molecule has 1 saturated carbocycles. The van der Waals surface area contributed by atoms with E-state index in [0.717, 1.165) is 11.8 Å². The van der Waals surface area contributed by atoms with Crippen LogP contribution in [0.1, 0.15) is 80.1 Å². The van der Waals surface area contributed by atoms with E-state index in [2.05, 4.69) is 41.5 Å². The quantitative estimate of drug-likeness (QED) is 0.580. The van der Waals surface area contributed by atoms with Gasteiger partial charge in [-0.15, -0.1) is 0 Å². The van der Waals surface area contributed by atoms with Crippen molar-refractivity contribution >= 4 is 0 Å². The first kappa shape index (κ1) is 14.1. The molecule has 0 radical (unpaired) electrons. The zero-order chi connectivity index (χ0) is 12.4. The van der Waals surface area contributed by atoms with Crippen LogP contribution in [0, 0.1) is 22.7 Å². The van der Waals surface area contributed by atoms with Crippen molar-refractivity contribution < 1.29 is 0 Å². The lowest BCUT2D eigenvalue weighted by Crippen LogP contribution is -2.12. The SMILES string of the molecule is CC(C)(C)CC[C@H]1CC[C@H](CC(C)(C)C)C1. The maximum absolute atomic E-state index is 2.38. The Morgan fingerprint density at radius 1 is 0.812 bits per heavy atom. The van der Waals surface area contributed by atoms with Gasteiger partial charge in [0.1, 0.15) is 0 Å². The molecule has 0 aromatic carbocycles. The lowest BCUT2D eigenvalue weighted by atomic mass is 9.82. The molecule has 0 heteroatoms. The average Bonchev–Trinajstić information content (AvgIpc) is 2.44. The minimum atomic E-state index is 0.530. The van der Waals surface area contributed by atoms with E-state index in [1.54, 1.807) is 0 Å². The second-order valence-electron chi connectivity index (χ2n) is 8.41. The summed E-state index contributed by atoms with van der Waals surface area (Å²) < 4.78 is 0. The highest BCUT2D eigenvalue weighted by Gasteiger charge is 2.28. The highest BCUT2D eigenvalue weighted by atomic mass is 14.3. The fourth-order valence-electron chi connectivity index (χ4n) is 3.13. The second kappa shape index (κ2) is 5.10. The van der Waals surface area contributed by atoms with Crippen LogP contribution in [0.4, 0.5) is 0 Å². The van der Waals surface area contributed by atoms with Crippen molar-refractivity contribution in [1.29, 1.82) is 0 Å². The first-order valence-electron chi connectivity index (χ1n) is 7.16. The third kappa shape index (κ3) is 5.92. The monoisotopic (exact) mass is 224 g/mol. The molecule has 0 bridgehead atoms. The molecule has 0 nitrogen and oxygen atoms in total. The minimum absolute atomic E-state index is 0.530. The second-order valence-corrected chi connectivity index (χ2v) is 8.41. The Kier molecular flexibility index (Phi) is 4.49. The smallest absolute Gasteiger partial charge is 0.0380 e. The molecule has 0 aromatic heterocycles. The van der Waals surface area contributed by atoms with Gasteiger partial charge in [0.25, 0.3) is 0 Å². The van der Waals surface area contributed by atoms with Crippen molar-refractivity contribution in [2.24, 2.45) is 22.7 Å². The first-order valence-corrected chi connectivity index (χ1v) is 7.16. The van der Waals surface area contributed by atoms with E-state index in [1.807, 2.05) is 0 Å². The molecule has 0 saturated heterocycles. The summed E-state index contributed by atoms with van der Waals surface area (Å²) in [5.74, 6) is 2.05. The molecular formula is C16H32. The minimum Gasteiger partial charge on any atom is -0.0602 e. The Balaban J connectivity index is 2.25. The van der Waals surface area contributed by atoms with Crippen LogP contribution in [0.15, 0.2) is 0 Å². The highest BCUT2D eigenvalue weighted by molar-refractivity contribution is 4.80. The lowest BCUT2D eigenvalue weighted by Gasteiger charge is -2.23. The van der Waals surface area contributed by atoms with Gasteiger partial charge in [0.2, 0.25) is 0 Å². The van der Waals surface area contributed by atoms with Gasteiger partial charge in [0.15, 0.2) is 0 Å². The molecule has 1 fully saturated rings. The molecule has 96 valence electrons. The van der Waals surface area contributed by atoms with Crippen molar-refractivity contribution in [2.75, 3.05) is 0 Å². The summed E-state index contributed by atoms with van der Waals surface area (Å²) in [7, 11) is 0. The summed E-state index contributed by atoms with van der Waals surface area (Å²) >= 11 is 0. The Hall–Kier alpha value is 0. The number of hydrogen-bond donors (Lipinski definition) is 0. The number of hydrogen-bond acceptors (Lipinski definition) is 0. The molecule has 1 aliphatic rings. The largest absolute Gasteiger partial charge is 0.0602 e. The van der Waals surface area contributed by atoms with E-state index in [-0.39, 0.29) is 0 Å². The van der Waals surface area contributed by atoms with Crippen molar-refractivity contribution in [3.63, 3.8) is 0 Å². The average molecular weight is 224 g/mol. The van der Waals surface area contributed by atoms with Crippen LogP contribution >= 0.6 is 0 Å².